The zero-order valence-electron chi connectivity index (χ0n) is 26.5. The van der Waals surface area contributed by atoms with Crippen molar-refractivity contribution >= 4 is 46.7 Å². The maximum Gasteiger partial charge on any atom is 0.413 e. The predicted molar refractivity (Wildman–Crippen MR) is 178 cm³/mol. The highest BCUT2D eigenvalue weighted by molar-refractivity contribution is 6.37. The van der Waals surface area contributed by atoms with Crippen LogP contribution in [0.4, 0.5) is 16.3 Å². The molecule has 0 radical (unpaired) electrons. The Balaban J connectivity index is 1.53. The highest BCUT2D eigenvalue weighted by atomic mass is 35.5. The molecule has 1 aromatic heterocycles. The maximum atomic E-state index is 13.8. The highest BCUT2D eigenvalue weighted by Gasteiger charge is 2.38. The van der Waals surface area contributed by atoms with E-state index in [2.05, 4.69) is 15.7 Å². The summed E-state index contributed by atoms with van der Waals surface area (Å²) in [4.78, 5) is 52.3. The topological polar surface area (TPSA) is 143 Å². The Kier molecular flexibility index (Phi) is 9.22. The third-order valence-corrected chi connectivity index (χ3v) is 7.81. The fourth-order valence-electron chi connectivity index (χ4n) is 4.82. The van der Waals surface area contributed by atoms with Gasteiger partial charge in [0.05, 0.1) is 27.8 Å². The number of rotatable bonds is 8. The number of carbonyl (C=O) groups is 2. The Hall–Kier alpha value is -4.65. The van der Waals surface area contributed by atoms with Crippen LogP contribution in [0.1, 0.15) is 58.9 Å². The Morgan fingerprint density at radius 3 is 2.32 bits per heavy atom. The normalized spacial score (nSPS) is 14.3. The predicted octanol–water partition coefficient (Wildman–Crippen LogP) is 6.81. The summed E-state index contributed by atoms with van der Waals surface area (Å²) in [5.41, 5.74) is -1.13. The van der Waals surface area contributed by atoms with Gasteiger partial charge in [-0.1, -0.05) is 53.5 Å². The molecule has 1 atom stereocenters. The number of carbonyl (C=O) groups excluding carboxylic acids is 2. The first-order valence-electron chi connectivity index (χ1n) is 14.6. The van der Waals surface area contributed by atoms with Crippen LogP contribution in [0, 0.1) is 0 Å². The third kappa shape index (κ3) is 7.19. The summed E-state index contributed by atoms with van der Waals surface area (Å²) < 4.78 is 18.9. The highest BCUT2D eigenvalue weighted by Crippen LogP contribution is 2.42. The second kappa shape index (κ2) is 12.9. The second-order valence-electron chi connectivity index (χ2n) is 12.4. The number of halogens is 2. The summed E-state index contributed by atoms with van der Waals surface area (Å²) in [6, 6.07) is 17.1. The molecule has 1 aliphatic heterocycles. The van der Waals surface area contributed by atoms with E-state index in [-0.39, 0.29) is 34.0 Å². The van der Waals surface area contributed by atoms with Crippen molar-refractivity contribution in [3.63, 3.8) is 0 Å². The minimum atomic E-state index is -1.08. The van der Waals surface area contributed by atoms with Gasteiger partial charge in [0.1, 0.15) is 17.6 Å². The largest absolute Gasteiger partial charge is 0.454 e. The Bertz CT molecular complexity index is 1960. The Labute approximate surface area is 280 Å². The van der Waals surface area contributed by atoms with Gasteiger partial charge in [0.2, 0.25) is 11.7 Å². The summed E-state index contributed by atoms with van der Waals surface area (Å²) in [5, 5.41) is 9.35. The van der Waals surface area contributed by atoms with Gasteiger partial charge >= 0.3 is 17.3 Å². The molecule has 3 aromatic carbocycles. The van der Waals surface area contributed by atoms with Gasteiger partial charge in [0, 0.05) is 5.69 Å². The molecule has 1 aliphatic rings. The molecule has 4 aromatic rings. The summed E-state index contributed by atoms with van der Waals surface area (Å²) in [5.74, 6) is -0.169. The summed E-state index contributed by atoms with van der Waals surface area (Å²) in [6.45, 7) is 10.2. The van der Waals surface area contributed by atoms with Crippen LogP contribution in [0.25, 0.3) is 5.69 Å². The molecule has 0 saturated carbocycles. The third-order valence-electron chi connectivity index (χ3n) is 7.25. The van der Waals surface area contributed by atoms with E-state index in [0.717, 1.165) is 20.4 Å². The average molecular weight is 683 g/mol. The molecule has 47 heavy (non-hydrogen) atoms. The number of amides is 2. The van der Waals surface area contributed by atoms with E-state index in [1.54, 1.807) is 52.8 Å². The second-order valence-corrected chi connectivity index (χ2v) is 13.2. The van der Waals surface area contributed by atoms with Crippen LogP contribution < -0.4 is 26.6 Å². The van der Waals surface area contributed by atoms with E-state index in [1.165, 1.54) is 19.1 Å². The fraction of sp³-hybridized carbons (Fsp3) is 0.303. The van der Waals surface area contributed by atoms with Gasteiger partial charge in [-0.2, -0.15) is 4.68 Å². The lowest BCUT2D eigenvalue weighted by atomic mass is 9.86. The lowest BCUT2D eigenvalue weighted by Gasteiger charge is -2.21. The fourth-order valence-corrected chi connectivity index (χ4v) is 5.37. The molecule has 0 saturated heterocycles. The zero-order chi connectivity index (χ0) is 34.3. The van der Waals surface area contributed by atoms with Crippen LogP contribution in [-0.2, 0) is 26.3 Å². The van der Waals surface area contributed by atoms with E-state index in [0.29, 0.717) is 11.4 Å². The van der Waals surface area contributed by atoms with Gasteiger partial charge in [-0.3, -0.25) is 14.9 Å². The molecule has 0 fully saturated rings. The van der Waals surface area contributed by atoms with Gasteiger partial charge in [-0.05, 0) is 83.0 Å². The summed E-state index contributed by atoms with van der Waals surface area (Å²) in [7, 11) is 0. The van der Waals surface area contributed by atoms with Gasteiger partial charge in [0.25, 0.3) is 0 Å². The van der Waals surface area contributed by atoms with Gasteiger partial charge < -0.3 is 19.5 Å². The van der Waals surface area contributed by atoms with Gasteiger partial charge in [0.15, 0.2) is 5.75 Å². The molecule has 0 bridgehead atoms. The Morgan fingerprint density at radius 2 is 1.68 bits per heavy atom. The first kappa shape index (κ1) is 33.7. The standard InChI is InChI=1S/C33H33Cl2N5O7/c1-18(45-17-19-10-8-7-9-11-19)39-28(41)27(37-30(43)47-32(2,3)4)38-40(31(39)44)20-14-23(34)26(24(35)15-20)46-21-12-13-25-22(16-21)33(5,6)29(42)36-25/h7-16,18H,17H2,1-6H3,(H,36,42)(H,37,38,43). The molecular weight excluding hydrogens is 649 g/mol. The van der Waals surface area contributed by atoms with Crippen LogP contribution in [0.2, 0.25) is 10.0 Å². The molecule has 2 N–H and O–H groups in total. The van der Waals surface area contributed by atoms with Crippen molar-refractivity contribution in [2.45, 2.75) is 65.4 Å². The number of benzene rings is 3. The van der Waals surface area contributed by atoms with Gasteiger partial charge in [-0.15, -0.1) is 5.10 Å². The van der Waals surface area contributed by atoms with Crippen LogP contribution in [0.3, 0.4) is 0 Å². The van der Waals surface area contributed by atoms with Gasteiger partial charge in [-0.25, -0.2) is 14.2 Å². The SMILES string of the molecule is CC(OCc1ccccc1)n1c(=O)c(NC(=O)OC(C)(C)C)nn(-c2cc(Cl)c(Oc3ccc4c(c3)C(C)(C)C(=O)N4)c(Cl)c2)c1=O. The minimum absolute atomic E-state index is 0.0166. The van der Waals surface area contributed by atoms with E-state index in [4.69, 9.17) is 37.4 Å². The number of hydrogen-bond donors (Lipinski definition) is 2. The van der Waals surface area contributed by atoms with Crippen molar-refractivity contribution in [3.05, 3.63) is 103 Å². The number of anilines is 2. The number of aromatic nitrogens is 3. The van der Waals surface area contributed by atoms with Crippen LogP contribution >= 0.6 is 23.2 Å². The van der Waals surface area contributed by atoms with Crippen LogP contribution in [-0.4, -0.2) is 31.9 Å². The average Bonchev–Trinajstić information content (AvgIpc) is 3.22. The number of hydrogen-bond acceptors (Lipinski definition) is 8. The van der Waals surface area contributed by atoms with E-state index in [1.807, 2.05) is 30.3 Å². The lowest BCUT2D eigenvalue weighted by molar-refractivity contribution is -0.119. The van der Waals surface area contributed by atoms with Crippen LogP contribution in [0.15, 0.2) is 70.3 Å². The van der Waals surface area contributed by atoms with E-state index >= 15 is 0 Å². The summed E-state index contributed by atoms with van der Waals surface area (Å²) >= 11 is 13.3. The minimum Gasteiger partial charge on any atom is -0.454 e. The molecule has 2 heterocycles. The number of fused-ring (bicyclic) bond motifs is 1. The lowest BCUT2D eigenvalue weighted by Crippen LogP contribution is -2.45. The molecule has 2 amide bonds. The van der Waals surface area contributed by atoms with Crippen molar-refractivity contribution in [2.75, 3.05) is 10.6 Å². The molecule has 12 nitrogen and oxygen atoms in total. The van der Waals surface area contributed by atoms with E-state index < -0.39 is 40.4 Å². The number of ether oxygens (including phenoxy) is 3. The molecule has 0 spiro atoms. The molecule has 1 unspecified atom stereocenters. The zero-order valence-corrected chi connectivity index (χ0v) is 28.0. The molecule has 14 heteroatoms. The first-order valence-corrected chi connectivity index (χ1v) is 15.4. The molecule has 5 rings (SSSR count). The monoisotopic (exact) mass is 681 g/mol. The summed E-state index contributed by atoms with van der Waals surface area (Å²) in [6.07, 6.45) is -2.03. The number of nitrogens with zero attached hydrogens (tertiary/aromatic N) is 3. The van der Waals surface area contributed by atoms with Crippen molar-refractivity contribution in [3.8, 4) is 17.2 Å². The van der Waals surface area contributed by atoms with Crippen molar-refractivity contribution in [1.29, 1.82) is 0 Å². The molecule has 0 aliphatic carbocycles. The quantitative estimate of drug-likeness (QED) is 0.207. The van der Waals surface area contributed by atoms with Crippen molar-refractivity contribution < 1.29 is 23.8 Å². The van der Waals surface area contributed by atoms with Crippen molar-refractivity contribution in [1.82, 2.24) is 14.3 Å². The number of nitrogens with one attached hydrogen (secondary N) is 2. The molecule has 246 valence electrons. The Morgan fingerprint density at radius 1 is 1.02 bits per heavy atom. The maximum absolute atomic E-state index is 13.8. The van der Waals surface area contributed by atoms with Crippen molar-refractivity contribution in [2.24, 2.45) is 0 Å². The first-order chi connectivity index (χ1) is 22.0. The van der Waals surface area contributed by atoms with E-state index in [9.17, 15) is 19.2 Å². The molecular formula is C33H33Cl2N5O7. The smallest absolute Gasteiger partial charge is 0.413 e. The van der Waals surface area contributed by atoms with Crippen LogP contribution in [0.5, 0.6) is 11.5 Å².